The van der Waals surface area contributed by atoms with Crippen LogP contribution in [0.25, 0.3) is 11.4 Å². The number of rotatable bonds is 6. The molecule has 22 heavy (non-hydrogen) atoms. The molecule has 0 aliphatic heterocycles. The topological polar surface area (TPSA) is 101 Å². The number of benzene rings is 1. The van der Waals surface area contributed by atoms with Gasteiger partial charge in [-0.3, -0.25) is 5.10 Å². The summed E-state index contributed by atoms with van der Waals surface area (Å²) < 4.78 is 5.12. The van der Waals surface area contributed by atoms with E-state index in [1.54, 1.807) is 7.11 Å². The number of nitrogens with zero attached hydrogens (tertiary/aromatic N) is 3. The molecule has 0 radical (unpaired) electrons. The van der Waals surface area contributed by atoms with E-state index in [0.717, 1.165) is 24.3 Å². The summed E-state index contributed by atoms with van der Waals surface area (Å²) in [6, 6.07) is 7.56. The molecule has 0 spiro atoms. The van der Waals surface area contributed by atoms with Crippen molar-refractivity contribution in [2.75, 3.05) is 13.7 Å². The lowest BCUT2D eigenvalue weighted by atomic mass is 10.2. The molecule has 0 aliphatic rings. The number of aromatic nitrogens is 3. The molecule has 0 saturated carbocycles. The third kappa shape index (κ3) is 5.17. The van der Waals surface area contributed by atoms with Crippen molar-refractivity contribution in [3.05, 3.63) is 30.1 Å². The highest BCUT2D eigenvalue weighted by Crippen LogP contribution is 2.18. The van der Waals surface area contributed by atoms with Crippen LogP contribution in [0.5, 0.6) is 5.75 Å². The first-order chi connectivity index (χ1) is 10.2. The molecule has 8 heteroatoms. The number of methoxy groups -OCH3 is 1. The van der Waals surface area contributed by atoms with Crippen molar-refractivity contribution in [3.63, 3.8) is 0 Å². The Kier molecular flexibility index (Phi) is 7.64. The lowest BCUT2D eigenvalue weighted by Crippen LogP contribution is -2.32. The highest BCUT2D eigenvalue weighted by Gasteiger charge is 2.05. The normalized spacial score (nSPS) is 10.9. The summed E-state index contributed by atoms with van der Waals surface area (Å²) in [5, 5.41) is 10.0. The Balaban J connectivity index is 0.00000242. The highest BCUT2D eigenvalue weighted by molar-refractivity contribution is 14.0. The summed E-state index contributed by atoms with van der Waals surface area (Å²) in [5.74, 6) is 2.51. The Morgan fingerprint density at radius 2 is 2.09 bits per heavy atom. The molecule has 2 aromatic rings. The van der Waals surface area contributed by atoms with Crippen LogP contribution < -0.4 is 15.8 Å². The first-order valence-corrected chi connectivity index (χ1v) is 6.82. The Morgan fingerprint density at radius 1 is 1.36 bits per heavy atom. The fourth-order valence-corrected chi connectivity index (χ4v) is 1.70. The maximum absolute atomic E-state index is 5.72. The number of hydrogen-bond acceptors (Lipinski definition) is 4. The first-order valence-electron chi connectivity index (χ1n) is 6.82. The zero-order valence-corrected chi connectivity index (χ0v) is 15.0. The number of nitrogens with one attached hydrogen (secondary N) is 2. The quantitative estimate of drug-likeness (QED) is 0.380. The van der Waals surface area contributed by atoms with Gasteiger partial charge in [-0.2, -0.15) is 5.10 Å². The maximum atomic E-state index is 5.72. The monoisotopic (exact) mass is 416 g/mol. The molecule has 1 aromatic carbocycles. The van der Waals surface area contributed by atoms with E-state index >= 15 is 0 Å². The maximum Gasteiger partial charge on any atom is 0.189 e. The molecule has 0 saturated heterocycles. The second-order valence-electron chi connectivity index (χ2n) is 4.46. The van der Waals surface area contributed by atoms with Crippen molar-refractivity contribution in [2.45, 2.75) is 19.9 Å². The number of aromatic amines is 1. The molecule has 0 amide bonds. The molecule has 120 valence electrons. The van der Waals surface area contributed by atoms with E-state index in [0.29, 0.717) is 24.2 Å². The summed E-state index contributed by atoms with van der Waals surface area (Å²) in [7, 11) is 1.63. The van der Waals surface area contributed by atoms with Gasteiger partial charge in [0.1, 0.15) is 18.1 Å². The van der Waals surface area contributed by atoms with Crippen LogP contribution in [0.3, 0.4) is 0 Å². The van der Waals surface area contributed by atoms with Crippen LogP contribution in [-0.2, 0) is 6.54 Å². The van der Waals surface area contributed by atoms with Gasteiger partial charge < -0.3 is 15.8 Å². The summed E-state index contributed by atoms with van der Waals surface area (Å²) >= 11 is 0. The van der Waals surface area contributed by atoms with Crippen molar-refractivity contribution < 1.29 is 4.74 Å². The number of nitrogens with two attached hydrogens (primary N) is 1. The Morgan fingerprint density at radius 3 is 2.73 bits per heavy atom. The smallest absolute Gasteiger partial charge is 0.189 e. The average molecular weight is 416 g/mol. The van der Waals surface area contributed by atoms with Crippen molar-refractivity contribution >= 4 is 29.9 Å². The highest BCUT2D eigenvalue weighted by atomic mass is 127. The average Bonchev–Trinajstić information content (AvgIpc) is 3.00. The Hall–Kier alpha value is -1.84. The number of guanidine groups is 1. The van der Waals surface area contributed by atoms with Crippen LogP contribution in [0.2, 0.25) is 0 Å². The van der Waals surface area contributed by atoms with E-state index in [9.17, 15) is 0 Å². The molecule has 1 heterocycles. The summed E-state index contributed by atoms with van der Waals surface area (Å²) in [6.07, 6.45) is 1.00. The fraction of sp³-hybridized carbons (Fsp3) is 0.357. The fourth-order valence-electron chi connectivity index (χ4n) is 1.70. The van der Waals surface area contributed by atoms with Crippen LogP contribution in [0, 0.1) is 0 Å². The molecule has 0 aliphatic carbocycles. The van der Waals surface area contributed by atoms with Crippen LogP contribution in [0.15, 0.2) is 29.3 Å². The largest absolute Gasteiger partial charge is 0.497 e. The van der Waals surface area contributed by atoms with Crippen LogP contribution in [0.1, 0.15) is 19.2 Å². The molecule has 0 atom stereocenters. The third-order valence-corrected chi connectivity index (χ3v) is 2.84. The van der Waals surface area contributed by atoms with Gasteiger partial charge in [-0.15, -0.1) is 24.0 Å². The van der Waals surface area contributed by atoms with Crippen LogP contribution in [0.4, 0.5) is 0 Å². The molecule has 2 rings (SSSR count). The van der Waals surface area contributed by atoms with E-state index in [1.807, 2.05) is 24.3 Å². The van der Waals surface area contributed by atoms with Gasteiger partial charge in [0.05, 0.1) is 7.11 Å². The Labute approximate surface area is 146 Å². The summed E-state index contributed by atoms with van der Waals surface area (Å²) in [4.78, 5) is 8.59. The summed E-state index contributed by atoms with van der Waals surface area (Å²) in [5.41, 5.74) is 6.64. The molecule has 1 aromatic heterocycles. The van der Waals surface area contributed by atoms with Crippen molar-refractivity contribution in [2.24, 2.45) is 10.7 Å². The number of H-pyrrole nitrogens is 1. The number of aliphatic imine (C=N–C) groups is 1. The van der Waals surface area contributed by atoms with Gasteiger partial charge in [0.15, 0.2) is 11.8 Å². The van der Waals surface area contributed by atoms with E-state index in [4.69, 9.17) is 10.5 Å². The van der Waals surface area contributed by atoms with Gasteiger partial charge in [-0.25, -0.2) is 9.98 Å². The van der Waals surface area contributed by atoms with Gasteiger partial charge >= 0.3 is 0 Å². The van der Waals surface area contributed by atoms with Crippen LogP contribution >= 0.6 is 24.0 Å². The van der Waals surface area contributed by atoms with Gasteiger partial charge in [-0.05, 0) is 30.7 Å². The van der Waals surface area contributed by atoms with Crippen LogP contribution in [-0.4, -0.2) is 34.8 Å². The minimum Gasteiger partial charge on any atom is -0.497 e. The van der Waals surface area contributed by atoms with E-state index in [-0.39, 0.29) is 24.0 Å². The Bertz CT molecular complexity index is 596. The molecule has 0 unspecified atom stereocenters. The minimum absolute atomic E-state index is 0. The number of ether oxygens (including phenoxy) is 1. The number of halogens is 1. The van der Waals surface area contributed by atoms with Crippen molar-refractivity contribution in [3.8, 4) is 17.1 Å². The second-order valence-corrected chi connectivity index (χ2v) is 4.46. The first kappa shape index (κ1) is 18.2. The zero-order valence-electron chi connectivity index (χ0n) is 12.7. The standard InChI is InChI=1S/C14H20N6O.HI/c1-3-8-16-14(15)17-9-12-18-13(20-19-12)10-4-6-11(21-2)7-5-10;/h4-7H,3,8-9H2,1-2H3,(H3,15,16,17)(H,18,19,20);1H. The van der Waals surface area contributed by atoms with E-state index in [2.05, 4.69) is 32.4 Å². The van der Waals surface area contributed by atoms with E-state index < -0.39 is 0 Å². The van der Waals surface area contributed by atoms with Crippen molar-refractivity contribution in [1.29, 1.82) is 0 Å². The lowest BCUT2D eigenvalue weighted by molar-refractivity contribution is 0.415. The minimum atomic E-state index is 0. The lowest BCUT2D eigenvalue weighted by Gasteiger charge is -2.01. The SMILES string of the molecule is CCCNC(N)=NCc1nc(-c2ccc(OC)cc2)n[nH]1.I. The summed E-state index contributed by atoms with van der Waals surface area (Å²) in [6.45, 7) is 3.24. The molecule has 0 fully saturated rings. The molecule has 4 N–H and O–H groups in total. The van der Waals surface area contributed by atoms with Gasteiger partial charge in [0.2, 0.25) is 0 Å². The molecular weight excluding hydrogens is 395 g/mol. The predicted molar refractivity (Wildman–Crippen MR) is 97.4 cm³/mol. The third-order valence-electron chi connectivity index (χ3n) is 2.84. The van der Waals surface area contributed by atoms with Crippen molar-refractivity contribution in [1.82, 2.24) is 20.5 Å². The van der Waals surface area contributed by atoms with Gasteiger partial charge in [0, 0.05) is 12.1 Å². The predicted octanol–water partition coefficient (Wildman–Crippen LogP) is 1.91. The number of hydrogen-bond donors (Lipinski definition) is 3. The van der Waals surface area contributed by atoms with Gasteiger partial charge in [-0.1, -0.05) is 6.92 Å². The molecular formula is C14H21IN6O. The second kappa shape index (κ2) is 9.23. The van der Waals surface area contributed by atoms with Gasteiger partial charge in [0.25, 0.3) is 0 Å². The molecule has 7 nitrogen and oxygen atoms in total. The zero-order chi connectivity index (χ0) is 15.1. The molecule has 0 bridgehead atoms. The van der Waals surface area contributed by atoms with E-state index in [1.165, 1.54) is 0 Å².